The predicted molar refractivity (Wildman–Crippen MR) is 78.6 cm³/mol. The maximum Gasteiger partial charge on any atom is 0.434 e. The Morgan fingerprint density at radius 3 is 2.24 bits per heavy atom. The number of rotatable bonds is 1. The minimum Gasteiger partial charge on any atom is -0.383 e. The van der Waals surface area contributed by atoms with Crippen LogP contribution in [0.25, 0.3) is 11.1 Å². The molecule has 0 unspecified atom stereocenters. The Labute approximate surface area is 133 Å². The average Bonchev–Trinajstić information content (AvgIpc) is 2.31. The Morgan fingerprint density at radius 2 is 1.67 bits per heavy atom. The summed E-state index contributed by atoms with van der Waals surface area (Å²) in [5.74, 6) is -0.995. The number of halogens is 6. The molecule has 0 aliphatic heterocycles. The summed E-state index contributed by atoms with van der Waals surface area (Å²) in [6, 6.07) is 4.23. The zero-order valence-electron chi connectivity index (χ0n) is 10.1. The zero-order valence-corrected chi connectivity index (χ0v) is 12.4. The number of nitrogen functional groups attached to an aromatic ring is 2. The summed E-state index contributed by atoms with van der Waals surface area (Å²) in [7, 11) is 0. The zero-order chi connectivity index (χ0) is 15.1. The Balaban J connectivity index is 0.00000220. The van der Waals surface area contributed by atoms with Crippen LogP contribution in [0.15, 0.2) is 18.2 Å². The molecule has 1 aromatic carbocycles. The molecule has 10 heteroatoms. The second-order valence-electron chi connectivity index (χ2n) is 3.79. The van der Waals surface area contributed by atoms with Crippen molar-refractivity contribution in [3.05, 3.63) is 33.9 Å². The molecule has 0 radical (unpaired) electrons. The first-order valence-electron chi connectivity index (χ1n) is 5.16. The van der Waals surface area contributed by atoms with E-state index in [1.165, 1.54) is 18.2 Å². The smallest absolute Gasteiger partial charge is 0.383 e. The van der Waals surface area contributed by atoms with Gasteiger partial charge in [-0.15, -0.1) is 12.4 Å². The van der Waals surface area contributed by atoms with Crippen molar-refractivity contribution in [1.82, 2.24) is 9.97 Å². The number of benzene rings is 1. The van der Waals surface area contributed by atoms with Crippen LogP contribution in [-0.2, 0) is 6.18 Å². The SMILES string of the molecule is Cl.Nc1nc(N)c(-c2cccc(Cl)c2Cl)c(C(F)(F)F)n1. The largest absolute Gasteiger partial charge is 0.434 e. The summed E-state index contributed by atoms with van der Waals surface area (Å²) in [5, 5.41) is 0.0215. The molecule has 1 aromatic heterocycles. The van der Waals surface area contributed by atoms with Gasteiger partial charge in [0.25, 0.3) is 0 Å². The molecule has 4 N–H and O–H groups in total. The lowest BCUT2D eigenvalue weighted by Gasteiger charge is -2.15. The quantitative estimate of drug-likeness (QED) is 0.805. The van der Waals surface area contributed by atoms with Crippen LogP contribution < -0.4 is 11.5 Å². The monoisotopic (exact) mass is 358 g/mol. The van der Waals surface area contributed by atoms with Crippen molar-refractivity contribution < 1.29 is 13.2 Å². The average molecular weight is 360 g/mol. The van der Waals surface area contributed by atoms with Crippen LogP contribution in [0.4, 0.5) is 24.9 Å². The van der Waals surface area contributed by atoms with E-state index in [2.05, 4.69) is 9.97 Å². The standard InChI is InChI=1S/C11H7Cl2F3N4.ClH/c12-5-3-1-2-4(7(5)13)6-8(11(14,15)16)19-10(18)20-9(6)17;/h1-3H,(H4,17,18,19,20);1H. The molecule has 1 heterocycles. The molecule has 2 rings (SSSR count). The van der Waals surface area contributed by atoms with Crippen LogP contribution in [0.2, 0.25) is 10.0 Å². The van der Waals surface area contributed by atoms with Crippen molar-refractivity contribution in [2.75, 3.05) is 11.5 Å². The van der Waals surface area contributed by atoms with Gasteiger partial charge in [0.1, 0.15) is 5.82 Å². The Bertz CT molecular complexity index is 676. The first-order chi connectivity index (χ1) is 9.21. The highest BCUT2D eigenvalue weighted by molar-refractivity contribution is 6.43. The normalized spacial score (nSPS) is 11.1. The minimum atomic E-state index is -4.76. The topological polar surface area (TPSA) is 77.8 Å². The van der Waals surface area contributed by atoms with Gasteiger partial charge < -0.3 is 11.5 Å². The molecule has 4 nitrogen and oxygen atoms in total. The van der Waals surface area contributed by atoms with Crippen molar-refractivity contribution in [1.29, 1.82) is 0 Å². The molecule has 2 aromatic rings. The molecule has 0 atom stereocenters. The third kappa shape index (κ3) is 3.42. The van der Waals surface area contributed by atoms with Crippen LogP contribution in [-0.4, -0.2) is 9.97 Å². The number of hydrogen-bond acceptors (Lipinski definition) is 4. The highest BCUT2D eigenvalue weighted by atomic mass is 35.5. The minimum absolute atomic E-state index is 0. The molecule has 0 bridgehead atoms. The van der Waals surface area contributed by atoms with E-state index < -0.39 is 29.2 Å². The second-order valence-corrected chi connectivity index (χ2v) is 4.57. The van der Waals surface area contributed by atoms with Crippen molar-refractivity contribution in [2.24, 2.45) is 0 Å². The van der Waals surface area contributed by atoms with Gasteiger partial charge in [-0.2, -0.15) is 18.2 Å². The fraction of sp³-hybridized carbons (Fsp3) is 0.0909. The third-order valence-corrected chi connectivity index (χ3v) is 3.26. The number of aromatic nitrogens is 2. The van der Waals surface area contributed by atoms with Gasteiger partial charge in [-0.3, -0.25) is 0 Å². The van der Waals surface area contributed by atoms with E-state index in [1.807, 2.05) is 0 Å². The third-order valence-electron chi connectivity index (χ3n) is 2.44. The van der Waals surface area contributed by atoms with E-state index in [-0.39, 0.29) is 28.0 Å². The van der Waals surface area contributed by atoms with Gasteiger partial charge in [0.05, 0.1) is 15.6 Å². The fourth-order valence-electron chi connectivity index (χ4n) is 1.66. The molecule has 0 fully saturated rings. The summed E-state index contributed by atoms with van der Waals surface area (Å²) in [6.45, 7) is 0. The molecule has 0 aliphatic rings. The van der Waals surface area contributed by atoms with Crippen molar-refractivity contribution in [3.63, 3.8) is 0 Å². The summed E-state index contributed by atoms with van der Waals surface area (Å²) >= 11 is 11.7. The number of hydrogen-bond donors (Lipinski definition) is 2. The van der Waals surface area contributed by atoms with Crippen LogP contribution in [0.1, 0.15) is 5.69 Å². The Hall–Kier alpha value is -1.44. The van der Waals surface area contributed by atoms with E-state index in [4.69, 9.17) is 34.7 Å². The van der Waals surface area contributed by atoms with Crippen LogP contribution in [0, 0.1) is 0 Å². The number of nitrogens with zero attached hydrogens (tertiary/aromatic N) is 2. The van der Waals surface area contributed by atoms with E-state index in [9.17, 15) is 13.2 Å². The van der Waals surface area contributed by atoms with E-state index in [0.29, 0.717) is 0 Å². The molecule has 114 valence electrons. The molecule has 21 heavy (non-hydrogen) atoms. The summed E-state index contributed by atoms with van der Waals surface area (Å²) in [4.78, 5) is 6.75. The van der Waals surface area contributed by atoms with Crippen molar-refractivity contribution in [3.8, 4) is 11.1 Å². The summed E-state index contributed by atoms with van der Waals surface area (Å²) in [6.07, 6.45) is -4.76. The molecule has 0 aliphatic carbocycles. The first kappa shape index (κ1) is 17.6. The lowest BCUT2D eigenvalue weighted by molar-refractivity contribution is -0.140. The molecule has 0 amide bonds. The van der Waals surface area contributed by atoms with Gasteiger partial charge in [-0.05, 0) is 6.07 Å². The number of anilines is 2. The Kier molecular flexibility index (Phi) is 5.14. The fourth-order valence-corrected chi connectivity index (χ4v) is 2.06. The van der Waals surface area contributed by atoms with Crippen molar-refractivity contribution >= 4 is 47.4 Å². The maximum atomic E-state index is 13.0. The van der Waals surface area contributed by atoms with Gasteiger partial charge >= 0.3 is 6.18 Å². The van der Waals surface area contributed by atoms with Gasteiger partial charge in [0.2, 0.25) is 5.95 Å². The first-order valence-corrected chi connectivity index (χ1v) is 5.92. The van der Waals surface area contributed by atoms with Gasteiger partial charge in [-0.25, -0.2) is 4.98 Å². The lowest BCUT2D eigenvalue weighted by Crippen LogP contribution is -2.15. The summed E-state index contributed by atoms with van der Waals surface area (Å²) in [5.41, 5.74) is 9.03. The molecular formula is C11H8Cl3F3N4. The number of alkyl halides is 3. The van der Waals surface area contributed by atoms with Gasteiger partial charge in [0.15, 0.2) is 5.69 Å². The highest BCUT2D eigenvalue weighted by Gasteiger charge is 2.38. The van der Waals surface area contributed by atoms with E-state index in [1.54, 1.807) is 0 Å². The van der Waals surface area contributed by atoms with Crippen LogP contribution >= 0.6 is 35.6 Å². The summed E-state index contributed by atoms with van der Waals surface area (Å²) < 4.78 is 39.1. The van der Waals surface area contributed by atoms with Gasteiger partial charge in [-0.1, -0.05) is 35.3 Å². The molecule has 0 saturated heterocycles. The molecule has 0 saturated carbocycles. The van der Waals surface area contributed by atoms with Crippen molar-refractivity contribution in [2.45, 2.75) is 6.18 Å². The predicted octanol–water partition coefficient (Wildman–Crippen LogP) is 4.06. The molecule has 0 spiro atoms. The maximum absolute atomic E-state index is 13.0. The molecular weight excluding hydrogens is 352 g/mol. The van der Waals surface area contributed by atoms with Crippen LogP contribution in [0.3, 0.4) is 0 Å². The van der Waals surface area contributed by atoms with Crippen LogP contribution in [0.5, 0.6) is 0 Å². The van der Waals surface area contributed by atoms with E-state index in [0.717, 1.165) is 0 Å². The second kappa shape index (κ2) is 6.13. The Morgan fingerprint density at radius 1 is 1.05 bits per heavy atom. The lowest BCUT2D eigenvalue weighted by atomic mass is 10.0. The highest BCUT2D eigenvalue weighted by Crippen LogP contribution is 2.42. The van der Waals surface area contributed by atoms with Gasteiger partial charge in [0, 0.05) is 5.56 Å². The number of nitrogens with two attached hydrogens (primary N) is 2. The van der Waals surface area contributed by atoms with E-state index >= 15 is 0 Å².